The molecule has 3 rings (SSSR count). The monoisotopic (exact) mass is 412 g/mol. The predicted molar refractivity (Wildman–Crippen MR) is 111 cm³/mol. The van der Waals surface area contributed by atoms with Gasteiger partial charge in [-0.3, -0.25) is 19.3 Å². The minimum absolute atomic E-state index is 0.0565. The topological polar surface area (TPSA) is 97.1 Å². The fourth-order valence-corrected chi connectivity index (χ4v) is 3.16. The molecule has 29 heavy (non-hydrogen) atoms. The maximum absolute atomic E-state index is 12.4. The van der Waals surface area contributed by atoms with Gasteiger partial charge >= 0.3 is 5.97 Å². The van der Waals surface area contributed by atoms with Gasteiger partial charge < -0.3 is 10.4 Å². The number of nitrogens with one attached hydrogen (secondary N) is 1. The number of pyridine rings is 1. The summed E-state index contributed by atoms with van der Waals surface area (Å²) in [7, 11) is 0. The highest BCUT2D eigenvalue weighted by Crippen LogP contribution is 2.19. The van der Waals surface area contributed by atoms with Crippen LogP contribution in [0.2, 0.25) is 5.02 Å². The minimum Gasteiger partial charge on any atom is -0.481 e. The molecule has 0 aliphatic heterocycles. The largest absolute Gasteiger partial charge is 0.481 e. The summed E-state index contributed by atoms with van der Waals surface area (Å²) in [6.07, 6.45) is 1.52. The summed E-state index contributed by atoms with van der Waals surface area (Å²) in [5.41, 5.74) is 4.91. The first kappa shape index (κ1) is 20.5. The van der Waals surface area contributed by atoms with Crippen LogP contribution in [-0.2, 0) is 17.8 Å². The van der Waals surface area contributed by atoms with Crippen molar-refractivity contribution in [2.75, 3.05) is 5.32 Å². The van der Waals surface area contributed by atoms with E-state index in [-0.39, 0.29) is 12.3 Å². The van der Waals surface area contributed by atoms with Crippen molar-refractivity contribution in [3.63, 3.8) is 0 Å². The average molecular weight is 413 g/mol. The second kappa shape index (κ2) is 8.45. The van der Waals surface area contributed by atoms with Gasteiger partial charge in [0.1, 0.15) is 0 Å². The Labute approximate surface area is 173 Å². The van der Waals surface area contributed by atoms with E-state index < -0.39 is 5.97 Å². The summed E-state index contributed by atoms with van der Waals surface area (Å²) in [6, 6.07) is 8.71. The third-order valence-electron chi connectivity index (χ3n) is 4.69. The zero-order chi connectivity index (χ0) is 21.1. The highest BCUT2D eigenvalue weighted by atomic mass is 35.5. The number of hydrogen-bond acceptors (Lipinski definition) is 4. The lowest BCUT2D eigenvalue weighted by atomic mass is 10.1. The first-order chi connectivity index (χ1) is 13.7. The van der Waals surface area contributed by atoms with Gasteiger partial charge in [0, 0.05) is 21.8 Å². The number of carbonyl (C=O) groups excluding carboxylic acids is 1. The van der Waals surface area contributed by atoms with E-state index in [1.54, 1.807) is 48.1 Å². The molecule has 0 atom stereocenters. The number of benzene rings is 1. The summed E-state index contributed by atoms with van der Waals surface area (Å²) in [5.74, 6) is -1.15. The van der Waals surface area contributed by atoms with Gasteiger partial charge in [-0.1, -0.05) is 17.7 Å². The lowest BCUT2D eigenvalue weighted by molar-refractivity contribution is -0.136. The first-order valence-corrected chi connectivity index (χ1v) is 9.39. The molecule has 0 saturated heterocycles. The second-order valence-electron chi connectivity index (χ2n) is 6.83. The normalized spacial score (nSPS) is 10.8. The van der Waals surface area contributed by atoms with Gasteiger partial charge in [-0.2, -0.15) is 5.10 Å². The molecular weight excluding hydrogens is 392 g/mol. The predicted octanol–water partition coefficient (Wildman–Crippen LogP) is 3.78. The van der Waals surface area contributed by atoms with Crippen LogP contribution in [0.5, 0.6) is 0 Å². The van der Waals surface area contributed by atoms with E-state index in [4.69, 9.17) is 16.7 Å². The van der Waals surface area contributed by atoms with Crippen LogP contribution in [-0.4, -0.2) is 31.7 Å². The fraction of sp³-hybridized carbons (Fsp3) is 0.238. The number of amides is 1. The molecular formula is C21H21ClN4O3. The Kier molecular flexibility index (Phi) is 5.98. The zero-order valence-corrected chi connectivity index (χ0v) is 17.1. The summed E-state index contributed by atoms with van der Waals surface area (Å²) in [4.78, 5) is 27.8. The van der Waals surface area contributed by atoms with Crippen molar-refractivity contribution in [1.82, 2.24) is 14.8 Å². The molecule has 1 amide bonds. The van der Waals surface area contributed by atoms with E-state index >= 15 is 0 Å². The molecule has 0 unspecified atom stereocenters. The molecule has 0 spiro atoms. The van der Waals surface area contributed by atoms with Gasteiger partial charge in [-0.05, 0) is 50.6 Å². The Morgan fingerprint density at radius 1 is 1.17 bits per heavy atom. The summed E-state index contributed by atoms with van der Waals surface area (Å²) < 4.78 is 1.74. The van der Waals surface area contributed by atoms with Crippen molar-refractivity contribution in [3.8, 4) is 0 Å². The standard InChI is InChI=1S/C21H21ClN4O3/c1-12-4-5-15(8-19(12)22)21(29)24-16-6-7-17(23-10-16)11-26-14(3)18(9-20(27)28)13(2)25-26/h4-8,10H,9,11H2,1-3H3,(H,24,29)(H,27,28). The molecule has 0 saturated carbocycles. The number of anilines is 1. The Bertz CT molecular complexity index is 1070. The van der Waals surface area contributed by atoms with Crippen LogP contribution in [0.1, 0.15) is 38.6 Å². The number of nitrogens with zero attached hydrogens (tertiary/aromatic N) is 3. The number of rotatable bonds is 6. The molecule has 0 aliphatic rings. The van der Waals surface area contributed by atoms with Gasteiger partial charge in [0.05, 0.1) is 36.2 Å². The highest BCUT2D eigenvalue weighted by molar-refractivity contribution is 6.31. The minimum atomic E-state index is -0.885. The van der Waals surface area contributed by atoms with Crippen LogP contribution >= 0.6 is 11.6 Å². The van der Waals surface area contributed by atoms with E-state index in [0.717, 1.165) is 22.5 Å². The lowest BCUT2D eigenvalue weighted by Gasteiger charge is -2.08. The molecule has 0 aliphatic carbocycles. The first-order valence-electron chi connectivity index (χ1n) is 9.01. The van der Waals surface area contributed by atoms with E-state index in [9.17, 15) is 9.59 Å². The fourth-order valence-electron chi connectivity index (χ4n) is 2.98. The van der Waals surface area contributed by atoms with Crippen molar-refractivity contribution in [2.24, 2.45) is 0 Å². The third kappa shape index (κ3) is 4.81. The smallest absolute Gasteiger partial charge is 0.307 e. The van der Waals surface area contributed by atoms with Crippen LogP contribution in [0.3, 0.4) is 0 Å². The number of aryl methyl sites for hydroxylation is 2. The van der Waals surface area contributed by atoms with Gasteiger partial charge in [0.25, 0.3) is 5.91 Å². The summed E-state index contributed by atoms with van der Waals surface area (Å²) in [6.45, 7) is 5.93. The number of aliphatic carboxylic acids is 1. The molecule has 8 heteroatoms. The van der Waals surface area contributed by atoms with Gasteiger partial charge in [-0.25, -0.2) is 0 Å². The number of hydrogen-bond donors (Lipinski definition) is 2. The van der Waals surface area contributed by atoms with E-state index in [2.05, 4.69) is 15.4 Å². The van der Waals surface area contributed by atoms with Gasteiger partial charge in [-0.15, -0.1) is 0 Å². The van der Waals surface area contributed by atoms with Crippen molar-refractivity contribution >= 4 is 29.2 Å². The quantitative estimate of drug-likeness (QED) is 0.642. The molecule has 150 valence electrons. The Morgan fingerprint density at radius 3 is 2.55 bits per heavy atom. The second-order valence-corrected chi connectivity index (χ2v) is 7.24. The Balaban J connectivity index is 1.70. The third-order valence-corrected chi connectivity index (χ3v) is 5.09. The highest BCUT2D eigenvalue weighted by Gasteiger charge is 2.15. The molecule has 0 bridgehead atoms. The number of carbonyl (C=O) groups is 2. The van der Waals surface area contributed by atoms with Crippen LogP contribution in [0.15, 0.2) is 36.5 Å². The summed E-state index contributed by atoms with van der Waals surface area (Å²) >= 11 is 6.08. The van der Waals surface area contributed by atoms with Crippen LogP contribution < -0.4 is 5.32 Å². The molecule has 0 fully saturated rings. The molecule has 7 nitrogen and oxygen atoms in total. The number of carboxylic acids is 1. The van der Waals surface area contributed by atoms with Crippen LogP contribution in [0, 0.1) is 20.8 Å². The van der Waals surface area contributed by atoms with Crippen LogP contribution in [0.25, 0.3) is 0 Å². The molecule has 0 radical (unpaired) electrons. The maximum atomic E-state index is 12.4. The van der Waals surface area contributed by atoms with Crippen molar-refractivity contribution in [1.29, 1.82) is 0 Å². The Morgan fingerprint density at radius 2 is 1.93 bits per heavy atom. The van der Waals surface area contributed by atoms with Gasteiger partial charge in [0.2, 0.25) is 0 Å². The van der Waals surface area contributed by atoms with E-state index in [0.29, 0.717) is 28.5 Å². The van der Waals surface area contributed by atoms with Crippen LogP contribution in [0.4, 0.5) is 5.69 Å². The SMILES string of the molecule is Cc1ccc(C(=O)Nc2ccc(Cn3nc(C)c(CC(=O)O)c3C)nc2)cc1Cl. The molecule has 3 aromatic rings. The number of aromatic nitrogens is 3. The van der Waals surface area contributed by atoms with Crippen molar-refractivity contribution in [2.45, 2.75) is 33.7 Å². The lowest BCUT2D eigenvalue weighted by Crippen LogP contribution is -2.12. The molecule has 2 N–H and O–H groups in total. The average Bonchev–Trinajstić information content (AvgIpc) is 2.92. The van der Waals surface area contributed by atoms with Crippen molar-refractivity contribution < 1.29 is 14.7 Å². The Hall–Kier alpha value is -3.19. The molecule has 2 aromatic heterocycles. The summed E-state index contributed by atoms with van der Waals surface area (Å²) in [5, 5.41) is 16.8. The number of carboxylic acid groups (broad SMARTS) is 1. The van der Waals surface area contributed by atoms with E-state index in [1.807, 2.05) is 13.8 Å². The maximum Gasteiger partial charge on any atom is 0.307 e. The van der Waals surface area contributed by atoms with E-state index in [1.165, 1.54) is 0 Å². The number of halogens is 1. The molecule has 2 heterocycles. The molecule has 1 aromatic carbocycles. The zero-order valence-electron chi connectivity index (χ0n) is 16.4. The van der Waals surface area contributed by atoms with Crippen molar-refractivity contribution in [3.05, 3.63) is 75.3 Å². The van der Waals surface area contributed by atoms with Gasteiger partial charge in [0.15, 0.2) is 0 Å².